The number of nitrogens with two attached hydrogens (primary N) is 1. The van der Waals surface area contributed by atoms with Crippen molar-refractivity contribution in [1.29, 1.82) is 0 Å². The summed E-state index contributed by atoms with van der Waals surface area (Å²) >= 11 is 0. The van der Waals surface area contributed by atoms with Gasteiger partial charge in [-0.3, -0.25) is 0 Å². The Kier molecular flexibility index (Phi) is 7.71. The van der Waals surface area contributed by atoms with E-state index in [9.17, 15) is 0 Å². The maximum absolute atomic E-state index is 5.86. The summed E-state index contributed by atoms with van der Waals surface area (Å²) in [6.45, 7) is 6.24. The summed E-state index contributed by atoms with van der Waals surface area (Å²) in [5.41, 5.74) is 5.86. The van der Waals surface area contributed by atoms with Crippen LogP contribution in [0.2, 0.25) is 0 Å². The van der Waals surface area contributed by atoms with Crippen LogP contribution in [0.4, 0.5) is 0 Å². The Hall–Kier alpha value is -0.560. The van der Waals surface area contributed by atoms with Gasteiger partial charge in [-0.1, -0.05) is 45.1 Å². The molecule has 1 rings (SSSR count). The van der Waals surface area contributed by atoms with Crippen molar-refractivity contribution in [3.8, 4) is 0 Å². The van der Waals surface area contributed by atoms with Gasteiger partial charge in [0.05, 0.1) is 0 Å². The third-order valence-electron chi connectivity index (χ3n) is 2.12. The van der Waals surface area contributed by atoms with Crippen molar-refractivity contribution in [2.75, 3.05) is 0 Å². The molecule has 0 radical (unpaired) electrons. The molecule has 0 aromatic carbocycles. The highest BCUT2D eigenvalue weighted by molar-refractivity contribution is 5.05. The molecule has 0 saturated carbocycles. The van der Waals surface area contributed by atoms with Crippen molar-refractivity contribution in [1.82, 2.24) is 0 Å². The van der Waals surface area contributed by atoms with E-state index in [-0.39, 0.29) is 0 Å². The molecule has 2 atom stereocenters. The van der Waals surface area contributed by atoms with Gasteiger partial charge in [0.15, 0.2) is 0 Å². The molecule has 1 aliphatic carbocycles. The third-order valence-corrected chi connectivity index (χ3v) is 2.12. The van der Waals surface area contributed by atoms with Crippen LogP contribution < -0.4 is 5.73 Å². The minimum atomic E-state index is 0.369. The van der Waals surface area contributed by atoms with Crippen LogP contribution in [0.15, 0.2) is 24.3 Å². The van der Waals surface area contributed by atoms with Crippen molar-refractivity contribution in [2.24, 2.45) is 11.7 Å². The molecule has 76 valence electrons. The van der Waals surface area contributed by atoms with E-state index in [1.807, 2.05) is 13.8 Å². The van der Waals surface area contributed by atoms with E-state index in [4.69, 9.17) is 5.73 Å². The van der Waals surface area contributed by atoms with Gasteiger partial charge in [0.25, 0.3) is 0 Å². The summed E-state index contributed by atoms with van der Waals surface area (Å²) in [7, 11) is 0. The largest absolute Gasteiger partial charge is 0.327 e. The molecule has 0 aromatic heterocycles. The second kappa shape index (κ2) is 8.06. The lowest BCUT2D eigenvalue weighted by atomic mass is 10.0. The van der Waals surface area contributed by atoms with Crippen LogP contribution in [0, 0.1) is 5.92 Å². The molecule has 0 aromatic rings. The van der Waals surface area contributed by atoms with Crippen LogP contribution in [0.1, 0.15) is 40.0 Å². The van der Waals surface area contributed by atoms with Gasteiger partial charge in [-0.2, -0.15) is 0 Å². The zero-order valence-corrected chi connectivity index (χ0v) is 9.16. The van der Waals surface area contributed by atoms with Crippen LogP contribution in [0.3, 0.4) is 0 Å². The Labute approximate surface area is 82.7 Å². The number of allylic oxidation sites excluding steroid dienone is 3. The molecule has 0 aliphatic heterocycles. The highest BCUT2D eigenvalue weighted by atomic mass is 14.6. The smallest absolute Gasteiger partial charge is 0.00737 e. The summed E-state index contributed by atoms with van der Waals surface area (Å²) < 4.78 is 0. The van der Waals surface area contributed by atoms with Crippen LogP contribution in [-0.2, 0) is 0 Å². The third kappa shape index (κ3) is 6.59. The molecule has 0 heterocycles. The number of hydrogen-bond donors (Lipinski definition) is 1. The molecular weight excluding hydrogens is 158 g/mol. The van der Waals surface area contributed by atoms with E-state index in [1.54, 1.807) is 0 Å². The fraction of sp³-hybridized carbons (Fsp3) is 0.667. The van der Waals surface area contributed by atoms with E-state index < -0.39 is 0 Å². The Morgan fingerprint density at radius 2 is 1.85 bits per heavy atom. The number of hydrogen-bond acceptors (Lipinski definition) is 1. The van der Waals surface area contributed by atoms with Crippen molar-refractivity contribution < 1.29 is 0 Å². The van der Waals surface area contributed by atoms with Gasteiger partial charge in [0, 0.05) is 6.04 Å². The maximum Gasteiger partial charge on any atom is 0.00737 e. The molecule has 0 saturated heterocycles. The molecule has 0 bridgehead atoms. The summed E-state index contributed by atoms with van der Waals surface area (Å²) in [4.78, 5) is 0. The molecule has 0 spiro atoms. The van der Waals surface area contributed by atoms with Crippen molar-refractivity contribution in [3.05, 3.63) is 24.3 Å². The Morgan fingerprint density at radius 3 is 2.54 bits per heavy atom. The Morgan fingerprint density at radius 1 is 1.15 bits per heavy atom. The first-order chi connectivity index (χ1) is 6.29. The highest BCUT2D eigenvalue weighted by Gasteiger charge is 2.03. The predicted octanol–water partition coefficient (Wildman–Crippen LogP) is 3.27. The molecule has 0 fully saturated rings. The molecule has 13 heavy (non-hydrogen) atoms. The average molecular weight is 181 g/mol. The summed E-state index contributed by atoms with van der Waals surface area (Å²) in [6, 6.07) is 0.369. The summed E-state index contributed by atoms with van der Waals surface area (Å²) in [5, 5.41) is 0. The van der Waals surface area contributed by atoms with Crippen LogP contribution in [0.5, 0.6) is 0 Å². The molecule has 0 amide bonds. The first-order valence-electron chi connectivity index (χ1n) is 5.38. The van der Waals surface area contributed by atoms with Crippen LogP contribution >= 0.6 is 0 Å². The molecule has 1 heteroatoms. The fourth-order valence-electron chi connectivity index (χ4n) is 1.28. The van der Waals surface area contributed by atoms with E-state index in [1.165, 1.54) is 6.42 Å². The van der Waals surface area contributed by atoms with Gasteiger partial charge >= 0.3 is 0 Å². The van der Waals surface area contributed by atoms with Gasteiger partial charge in [-0.15, -0.1) is 0 Å². The zero-order chi connectivity index (χ0) is 10.1. The topological polar surface area (TPSA) is 26.0 Å². The lowest BCUT2D eigenvalue weighted by Crippen LogP contribution is -2.19. The van der Waals surface area contributed by atoms with Gasteiger partial charge in [-0.05, 0) is 25.2 Å². The molecule has 2 unspecified atom stereocenters. The second-order valence-electron chi connectivity index (χ2n) is 3.36. The van der Waals surface area contributed by atoms with Gasteiger partial charge in [-0.25, -0.2) is 0 Å². The quantitative estimate of drug-likeness (QED) is 0.610. The highest BCUT2D eigenvalue weighted by Crippen LogP contribution is 2.12. The van der Waals surface area contributed by atoms with E-state index >= 15 is 0 Å². The van der Waals surface area contributed by atoms with Crippen molar-refractivity contribution >= 4 is 0 Å². The van der Waals surface area contributed by atoms with E-state index in [0.29, 0.717) is 12.0 Å². The van der Waals surface area contributed by atoms with Crippen molar-refractivity contribution in [3.63, 3.8) is 0 Å². The second-order valence-corrected chi connectivity index (χ2v) is 3.36. The van der Waals surface area contributed by atoms with E-state index in [0.717, 1.165) is 12.8 Å². The average Bonchev–Trinajstić information content (AvgIpc) is 2.24. The Balaban J connectivity index is 0.000000671. The van der Waals surface area contributed by atoms with Gasteiger partial charge in [0.1, 0.15) is 0 Å². The fourth-order valence-corrected chi connectivity index (χ4v) is 1.28. The maximum atomic E-state index is 5.86. The standard InChI is InChI=1S/C10H17N.C2H6/c1-9-5-3-2-4-6-10(11)8-7-9;1-2/h2-5,9-10H,6-8,11H2,1H3;1-2H3/b4-2-,5-3-;. The Bertz CT molecular complexity index is 159. The van der Waals surface area contributed by atoms with Crippen LogP contribution in [0.25, 0.3) is 0 Å². The summed E-state index contributed by atoms with van der Waals surface area (Å²) in [6.07, 6.45) is 12.0. The molecular formula is C12H23N. The SMILES string of the molecule is CC.CC1/C=C\C=C/CC(N)CC1. The lowest BCUT2D eigenvalue weighted by Gasteiger charge is -2.09. The minimum absolute atomic E-state index is 0.369. The molecule has 1 nitrogen and oxygen atoms in total. The monoisotopic (exact) mass is 181 g/mol. The predicted molar refractivity (Wildman–Crippen MR) is 60.6 cm³/mol. The number of rotatable bonds is 0. The molecule has 2 N–H and O–H groups in total. The zero-order valence-electron chi connectivity index (χ0n) is 9.16. The van der Waals surface area contributed by atoms with Gasteiger partial charge in [0.2, 0.25) is 0 Å². The van der Waals surface area contributed by atoms with Gasteiger partial charge < -0.3 is 5.73 Å². The first-order valence-corrected chi connectivity index (χ1v) is 5.38. The van der Waals surface area contributed by atoms with Crippen LogP contribution in [-0.4, -0.2) is 6.04 Å². The van der Waals surface area contributed by atoms with E-state index in [2.05, 4.69) is 31.2 Å². The minimum Gasteiger partial charge on any atom is -0.327 e. The normalized spacial score (nSPS) is 32.9. The lowest BCUT2D eigenvalue weighted by molar-refractivity contribution is 0.530. The first kappa shape index (κ1) is 12.4. The molecule has 1 aliphatic rings. The summed E-state index contributed by atoms with van der Waals surface area (Å²) in [5.74, 6) is 0.684. The van der Waals surface area contributed by atoms with Crippen molar-refractivity contribution in [2.45, 2.75) is 46.1 Å².